The molecule has 1 heterocycles. The molecule has 0 bridgehead atoms. The van der Waals surface area contributed by atoms with Crippen molar-refractivity contribution in [2.24, 2.45) is 0 Å². The van der Waals surface area contributed by atoms with Crippen molar-refractivity contribution in [3.8, 4) is 5.75 Å². The van der Waals surface area contributed by atoms with E-state index in [1.54, 1.807) is 6.92 Å². The summed E-state index contributed by atoms with van der Waals surface area (Å²) in [7, 11) is -2.39. The molecule has 0 radical (unpaired) electrons. The minimum atomic E-state index is -3.87. The van der Waals surface area contributed by atoms with Gasteiger partial charge in [-0.2, -0.15) is 9.71 Å². The van der Waals surface area contributed by atoms with Crippen molar-refractivity contribution < 1.29 is 27.2 Å². The van der Waals surface area contributed by atoms with Gasteiger partial charge in [-0.15, -0.1) is 0 Å². The summed E-state index contributed by atoms with van der Waals surface area (Å²) in [5, 5.41) is 3.55. The first kappa shape index (κ1) is 17.9. The Morgan fingerprint density at radius 1 is 1.33 bits per heavy atom. The van der Waals surface area contributed by atoms with Crippen LogP contribution in [-0.2, 0) is 26.2 Å². The SMILES string of the molecule is COc1ccc(S(=O)(=O)N[C@H](C)C(=O)OCc2nc(C)no2)cc1. The number of hydrogen-bond acceptors (Lipinski definition) is 8. The first-order valence-electron chi connectivity index (χ1n) is 6.94. The fraction of sp³-hybridized carbons (Fsp3) is 0.357. The maximum absolute atomic E-state index is 12.2. The molecule has 0 unspecified atom stereocenters. The highest BCUT2D eigenvalue weighted by Gasteiger charge is 2.23. The van der Waals surface area contributed by atoms with E-state index in [-0.39, 0.29) is 17.4 Å². The third kappa shape index (κ3) is 4.52. The van der Waals surface area contributed by atoms with Crippen LogP contribution in [0.1, 0.15) is 18.6 Å². The van der Waals surface area contributed by atoms with Gasteiger partial charge in [-0.3, -0.25) is 4.79 Å². The normalized spacial score (nSPS) is 12.6. The Kier molecular flexibility index (Phi) is 5.52. The molecule has 1 N–H and O–H groups in total. The lowest BCUT2D eigenvalue weighted by molar-refractivity contribution is -0.147. The summed E-state index contributed by atoms with van der Waals surface area (Å²) in [5.74, 6) is 0.305. The molecule has 0 aliphatic heterocycles. The third-order valence-electron chi connectivity index (χ3n) is 2.96. The van der Waals surface area contributed by atoms with Crippen LogP contribution in [0.25, 0.3) is 0 Å². The first-order valence-corrected chi connectivity index (χ1v) is 8.42. The number of esters is 1. The quantitative estimate of drug-likeness (QED) is 0.724. The van der Waals surface area contributed by atoms with Gasteiger partial charge >= 0.3 is 5.97 Å². The molecule has 0 fully saturated rings. The third-order valence-corrected chi connectivity index (χ3v) is 4.52. The lowest BCUT2D eigenvalue weighted by atomic mass is 10.3. The molecule has 2 rings (SSSR count). The Bertz CT molecular complexity index is 800. The van der Waals surface area contributed by atoms with E-state index >= 15 is 0 Å². The lowest BCUT2D eigenvalue weighted by Crippen LogP contribution is -2.39. The number of aromatic nitrogens is 2. The standard InChI is InChI=1S/C14H17N3O6S/c1-9(14(18)22-8-13-15-10(2)16-23-13)17-24(19,20)12-6-4-11(21-3)5-7-12/h4-7,9,17H,8H2,1-3H3/t9-/m1/s1. The van der Waals surface area contributed by atoms with E-state index in [1.165, 1.54) is 38.3 Å². The van der Waals surface area contributed by atoms with Crippen molar-refractivity contribution in [1.82, 2.24) is 14.9 Å². The van der Waals surface area contributed by atoms with E-state index in [4.69, 9.17) is 14.0 Å². The van der Waals surface area contributed by atoms with Gasteiger partial charge in [0.25, 0.3) is 5.89 Å². The molecular formula is C14H17N3O6S. The Balaban J connectivity index is 1.95. The minimum Gasteiger partial charge on any atom is -0.497 e. The molecule has 1 aromatic heterocycles. The van der Waals surface area contributed by atoms with Gasteiger partial charge in [0, 0.05) is 0 Å². The van der Waals surface area contributed by atoms with E-state index in [0.717, 1.165) is 0 Å². The van der Waals surface area contributed by atoms with Crippen molar-refractivity contribution in [3.63, 3.8) is 0 Å². The molecule has 0 amide bonds. The molecule has 0 aliphatic carbocycles. The van der Waals surface area contributed by atoms with Gasteiger partial charge in [0.05, 0.1) is 12.0 Å². The Morgan fingerprint density at radius 3 is 2.54 bits per heavy atom. The van der Waals surface area contributed by atoms with Crippen molar-refractivity contribution in [2.45, 2.75) is 31.4 Å². The van der Waals surface area contributed by atoms with E-state index in [2.05, 4.69) is 14.9 Å². The van der Waals surface area contributed by atoms with Crippen molar-refractivity contribution in [3.05, 3.63) is 36.0 Å². The van der Waals surface area contributed by atoms with Gasteiger partial charge in [-0.1, -0.05) is 5.16 Å². The zero-order chi connectivity index (χ0) is 17.7. The van der Waals surface area contributed by atoms with Gasteiger partial charge in [0.15, 0.2) is 12.4 Å². The topological polar surface area (TPSA) is 121 Å². The van der Waals surface area contributed by atoms with Crippen LogP contribution in [-0.4, -0.2) is 37.7 Å². The van der Waals surface area contributed by atoms with Crippen LogP contribution in [0.4, 0.5) is 0 Å². The molecule has 10 heteroatoms. The summed E-state index contributed by atoms with van der Waals surface area (Å²) in [6, 6.07) is 4.69. The molecule has 1 atom stereocenters. The van der Waals surface area contributed by atoms with Crippen LogP contribution in [0.2, 0.25) is 0 Å². The number of nitrogens with zero attached hydrogens (tertiary/aromatic N) is 2. The molecule has 1 aromatic carbocycles. The van der Waals surface area contributed by atoms with E-state index in [1.807, 2.05) is 0 Å². The van der Waals surface area contributed by atoms with Crippen LogP contribution in [0.15, 0.2) is 33.7 Å². The number of benzene rings is 1. The number of carbonyl (C=O) groups excluding carboxylic acids is 1. The van der Waals surface area contributed by atoms with Crippen LogP contribution in [0.3, 0.4) is 0 Å². The number of sulfonamides is 1. The second-order valence-corrected chi connectivity index (χ2v) is 6.58. The Morgan fingerprint density at radius 2 is 2.00 bits per heavy atom. The van der Waals surface area contributed by atoms with Crippen LogP contribution >= 0.6 is 0 Å². The molecule has 130 valence electrons. The number of hydrogen-bond donors (Lipinski definition) is 1. The number of carbonyl (C=O) groups is 1. The lowest BCUT2D eigenvalue weighted by Gasteiger charge is -2.13. The number of aryl methyl sites for hydroxylation is 1. The number of methoxy groups -OCH3 is 1. The number of ether oxygens (including phenoxy) is 2. The van der Waals surface area contributed by atoms with E-state index < -0.39 is 22.0 Å². The van der Waals surface area contributed by atoms with Gasteiger partial charge in [0.1, 0.15) is 11.8 Å². The summed E-state index contributed by atoms with van der Waals surface area (Å²) < 4.78 is 41.4. The smallest absolute Gasteiger partial charge is 0.324 e. The molecule has 0 saturated heterocycles. The second kappa shape index (κ2) is 7.41. The molecule has 0 spiro atoms. The summed E-state index contributed by atoms with van der Waals surface area (Å²) in [5.41, 5.74) is 0. The van der Waals surface area contributed by atoms with Crippen molar-refractivity contribution in [2.75, 3.05) is 7.11 Å². The van der Waals surface area contributed by atoms with E-state index in [0.29, 0.717) is 11.6 Å². The average Bonchev–Trinajstić information content (AvgIpc) is 2.97. The second-order valence-electron chi connectivity index (χ2n) is 4.86. The first-order chi connectivity index (χ1) is 11.3. The summed E-state index contributed by atoms with van der Waals surface area (Å²) in [4.78, 5) is 15.8. The van der Waals surface area contributed by atoms with Gasteiger partial charge < -0.3 is 14.0 Å². The van der Waals surface area contributed by atoms with Gasteiger partial charge in [-0.25, -0.2) is 8.42 Å². The Labute approximate surface area is 139 Å². The minimum absolute atomic E-state index is 0.00970. The van der Waals surface area contributed by atoms with Crippen molar-refractivity contribution >= 4 is 16.0 Å². The molecule has 0 saturated carbocycles. The monoisotopic (exact) mass is 355 g/mol. The molecule has 9 nitrogen and oxygen atoms in total. The van der Waals surface area contributed by atoms with Gasteiger partial charge in [0.2, 0.25) is 10.0 Å². The summed E-state index contributed by atoms with van der Waals surface area (Å²) in [6.07, 6.45) is 0. The highest BCUT2D eigenvalue weighted by Crippen LogP contribution is 2.15. The zero-order valence-electron chi connectivity index (χ0n) is 13.3. The van der Waals surface area contributed by atoms with Crippen LogP contribution < -0.4 is 9.46 Å². The summed E-state index contributed by atoms with van der Waals surface area (Å²) in [6.45, 7) is 2.77. The van der Waals surface area contributed by atoms with E-state index in [9.17, 15) is 13.2 Å². The average molecular weight is 355 g/mol. The van der Waals surface area contributed by atoms with Crippen LogP contribution in [0, 0.1) is 6.92 Å². The summed E-state index contributed by atoms with van der Waals surface area (Å²) >= 11 is 0. The molecule has 24 heavy (non-hydrogen) atoms. The van der Waals surface area contributed by atoms with Gasteiger partial charge in [-0.05, 0) is 38.1 Å². The van der Waals surface area contributed by atoms with Crippen LogP contribution in [0.5, 0.6) is 5.75 Å². The maximum Gasteiger partial charge on any atom is 0.324 e. The number of rotatable bonds is 7. The Hall–Kier alpha value is -2.46. The fourth-order valence-electron chi connectivity index (χ4n) is 1.76. The highest BCUT2D eigenvalue weighted by atomic mass is 32.2. The predicted octanol–water partition coefficient (Wildman–Crippen LogP) is 0.797. The zero-order valence-corrected chi connectivity index (χ0v) is 14.2. The maximum atomic E-state index is 12.2. The fourth-order valence-corrected chi connectivity index (χ4v) is 2.95. The number of nitrogens with one attached hydrogen (secondary N) is 1. The predicted molar refractivity (Wildman–Crippen MR) is 81.6 cm³/mol. The molecule has 0 aliphatic rings. The molecule has 2 aromatic rings. The van der Waals surface area contributed by atoms with Crippen molar-refractivity contribution in [1.29, 1.82) is 0 Å². The largest absolute Gasteiger partial charge is 0.497 e. The molecular weight excluding hydrogens is 338 g/mol. The highest BCUT2D eigenvalue weighted by molar-refractivity contribution is 7.89.